The maximum absolute atomic E-state index is 11.7. The van der Waals surface area contributed by atoms with Gasteiger partial charge in [0.15, 0.2) is 0 Å². The van der Waals surface area contributed by atoms with E-state index in [0.29, 0.717) is 6.42 Å². The molecule has 1 amide bonds. The molecule has 3 nitrogen and oxygen atoms in total. The highest BCUT2D eigenvalue weighted by Crippen LogP contribution is 2.19. The second kappa shape index (κ2) is 5.35. The molecule has 84 valence electrons. The third-order valence-electron chi connectivity index (χ3n) is 1.99. The van der Waals surface area contributed by atoms with Crippen LogP contribution in [-0.4, -0.2) is 49.9 Å². The zero-order chi connectivity index (χ0) is 11.4. The number of carbonyl (C=O) groups is 1. The maximum Gasteiger partial charge on any atom is 0.222 e. The van der Waals surface area contributed by atoms with Crippen LogP contribution in [0.4, 0.5) is 0 Å². The summed E-state index contributed by atoms with van der Waals surface area (Å²) in [5.41, 5.74) is 0.0868. The fraction of sp³-hybridized carbons (Fsp3) is 0.909. The molecule has 0 fully saturated rings. The van der Waals surface area contributed by atoms with Crippen molar-refractivity contribution < 1.29 is 4.79 Å². The number of rotatable bonds is 4. The summed E-state index contributed by atoms with van der Waals surface area (Å²) in [6.45, 7) is 7.99. The second-order valence-electron chi connectivity index (χ2n) is 5.36. The van der Waals surface area contributed by atoms with Gasteiger partial charge in [0.25, 0.3) is 0 Å². The average Bonchev–Trinajstić information content (AvgIpc) is 1.96. The average molecular weight is 200 g/mol. The minimum atomic E-state index is 0.0868. The Morgan fingerprint density at radius 2 is 1.57 bits per heavy atom. The maximum atomic E-state index is 11.7. The summed E-state index contributed by atoms with van der Waals surface area (Å²) >= 11 is 0. The van der Waals surface area contributed by atoms with Crippen molar-refractivity contribution >= 4 is 5.91 Å². The van der Waals surface area contributed by atoms with E-state index in [-0.39, 0.29) is 11.3 Å². The van der Waals surface area contributed by atoms with Crippen LogP contribution in [0, 0.1) is 5.41 Å². The Labute approximate surface area is 88.1 Å². The summed E-state index contributed by atoms with van der Waals surface area (Å²) in [5, 5.41) is 0. The van der Waals surface area contributed by atoms with Crippen molar-refractivity contribution in [3.63, 3.8) is 0 Å². The number of hydrogen-bond acceptors (Lipinski definition) is 2. The number of likely N-dealkylation sites (N-methyl/N-ethyl adjacent to an activating group) is 2. The highest BCUT2D eigenvalue weighted by Gasteiger charge is 2.18. The van der Waals surface area contributed by atoms with Crippen molar-refractivity contribution in [2.24, 2.45) is 5.41 Å². The van der Waals surface area contributed by atoms with Crippen molar-refractivity contribution in [2.75, 3.05) is 34.2 Å². The summed E-state index contributed by atoms with van der Waals surface area (Å²) in [6.07, 6.45) is 0.622. The number of carbonyl (C=O) groups excluding carboxylic acids is 1. The lowest BCUT2D eigenvalue weighted by molar-refractivity contribution is -0.131. The van der Waals surface area contributed by atoms with E-state index in [2.05, 4.69) is 25.7 Å². The SMILES string of the molecule is CN(C)CCN(C)C(=O)CC(C)(C)C. The number of nitrogens with zero attached hydrogens (tertiary/aromatic N) is 2. The Kier molecular flexibility index (Phi) is 5.13. The van der Waals surface area contributed by atoms with Gasteiger partial charge in [-0.25, -0.2) is 0 Å². The van der Waals surface area contributed by atoms with Gasteiger partial charge >= 0.3 is 0 Å². The molecule has 0 heterocycles. The van der Waals surface area contributed by atoms with E-state index in [1.54, 1.807) is 0 Å². The van der Waals surface area contributed by atoms with Crippen LogP contribution in [0.2, 0.25) is 0 Å². The minimum Gasteiger partial charge on any atom is -0.344 e. The Balaban J connectivity index is 3.88. The van der Waals surface area contributed by atoms with Gasteiger partial charge < -0.3 is 9.80 Å². The van der Waals surface area contributed by atoms with Crippen molar-refractivity contribution in [2.45, 2.75) is 27.2 Å². The van der Waals surface area contributed by atoms with Gasteiger partial charge in [-0.3, -0.25) is 4.79 Å². The topological polar surface area (TPSA) is 23.6 Å². The molecule has 0 saturated heterocycles. The first kappa shape index (κ1) is 13.4. The van der Waals surface area contributed by atoms with Gasteiger partial charge in [-0.15, -0.1) is 0 Å². The summed E-state index contributed by atoms with van der Waals surface area (Å²) in [5.74, 6) is 0.236. The van der Waals surface area contributed by atoms with Gasteiger partial charge in [0, 0.05) is 26.6 Å². The summed E-state index contributed by atoms with van der Waals surface area (Å²) < 4.78 is 0. The van der Waals surface area contributed by atoms with Crippen LogP contribution in [0.1, 0.15) is 27.2 Å². The largest absolute Gasteiger partial charge is 0.344 e. The first-order valence-electron chi connectivity index (χ1n) is 5.11. The third kappa shape index (κ3) is 6.89. The molecule has 14 heavy (non-hydrogen) atoms. The van der Waals surface area contributed by atoms with Crippen molar-refractivity contribution in [1.82, 2.24) is 9.80 Å². The van der Waals surface area contributed by atoms with Gasteiger partial charge in [0.2, 0.25) is 5.91 Å². The monoisotopic (exact) mass is 200 g/mol. The fourth-order valence-electron chi connectivity index (χ4n) is 1.06. The van der Waals surface area contributed by atoms with E-state index in [9.17, 15) is 4.79 Å². The van der Waals surface area contributed by atoms with Gasteiger partial charge in [-0.1, -0.05) is 20.8 Å². The molecule has 0 spiro atoms. The van der Waals surface area contributed by atoms with Gasteiger partial charge in [-0.05, 0) is 19.5 Å². The predicted octanol–water partition coefficient (Wildman–Crippen LogP) is 1.44. The van der Waals surface area contributed by atoms with Gasteiger partial charge in [0.05, 0.1) is 0 Å². The molecule has 0 radical (unpaired) electrons. The molecule has 0 aliphatic heterocycles. The first-order chi connectivity index (χ1) is 6.22. The number of amides is 1. The summed E-state index contributed by atoms with van der Waals surface area (Å²) in [7, 11) is 5.90. The zero-order valence-electron chi connectivity index (χ0n) is 10.4. The van der Waals surface area contributed by atoms with Crippen LogP contribution in [0.3, 0.4) is 0 Å². The summed E-state index contributed by atoms with van der Waals surface area (Å²) in [6, 6.07) is 0. The Morgan fingerprint density at radius 3 is 1.93 bits per heavy atom. The highest BCUT2D eigenvalue weighted by molar-refractivity contribution is 5.76. The minimum absolute atomic E-state index is 0.0868. The Morgan fingerprint density at radius 1 is 1.07 bits per heavy atom. The van der Waals surface area contributed by atoms with E-state index in [1.807, 2.05) is 26.0 Å². The molecule has 0 aromatic carbocycles. The van der Waals surface area contributed by atoms with Crippen molar-refractivity contribution in [3.8, 4) is 0 Å². The van der Waals surface area contributed by atoms with Crippen LogP contribution < -0.4 is 0 Å². The molecule has 0 bridgehead atoms. The van der Waals surface area contributed by atoms with E-state index in [4.69, 9.17) is 0 Å². The Hall–Kier alpha value is -0.570. The third-order valence-corrected chi connectivity index (χ3v) is 1.99. The zero-order valence-corrected chi connectivity index (χ0v) is 10.4. The molecule has 0 aliphatic carbocycles. The second-order valence-corrected chi connectivity index (χ2v) is 5.36. The summed E-state index contributed by atoms with van der Waals surface area (Å²) in [4.78, 5) is 15.6. The van der Waals surface area contributed by atoms with E-state index in [1.165, 1.54) is 0 Å². The van der Waals surface area contributed by atoms with Crippen LogP contribution in [0.25, 0.3) is 0 Å². The van der Waals surface area contributed by atoms with Crippen molar-refractivity contribution in [3.05, 3.63) is 0 Å². The van der Waals surface area contributed by atoms with Crippen LogP contribution in [0.15, 0.2) is 0 Å². The lowest BCUT2D eigenvalue weighted by Crippen LogP contribution is -2.35. The van der Waals surface area contributed by atoms with Gasteiger partial charge in [0.1, 0.15) is 0 Å². The van der Waals surface area contributed by atoms with Crippen LogP contribution >= 0.6 is 0 Å². The first-order valence-corrected chi connectivity index (χ1v) is 5.11. The molecule has 0 atom stereocenters. The standard InChI is InChI=1S/C11H24N2O/c1-11(2,3)9-10(14)13(6)8-7-12(4)5/h7-9H2,1-6H3. The highest BCUT2D eigenvalue weighted by atomic mass is 16.2. The molecule has 0 unspecified atom stereocenters. The molecule has 0 rings (SSSR count). The van der Waals surface area contributed by atoms with Crippen LogP contribution in [0.5, 0.6) is 0 Å². The molecule has 0 N–H and O–H groups in total. The molecule has 3 heteroatoms. The molecule has 0 aliphatic rings. The van der Waals surface area contributed by atoms with Gasteiger partial charge in [-0.2, -0.15) is 0 Å². The lowest BCUT2D eigenvalue weighted by Gasteiger charge is -2.24. The smallest absolute Gasteiger partial charge is 0.222 e. The number of hydrogen-bond donors (Lipinski definition) is 0. The van der Waals surface area contributed by atoms with Crippen molar-refractivity contribution in [1.29, 1.82) is 0 Å². The predicted molar refractivity (Wildman–Crippen MR) is 60.3 cm³/mol. The van der Waals surface area contributed by atoms with E-state index < -0.39 is 0 Å². The normalized spacial score (nSPS) is 11.9. The quantitative estimate of drug-likeness (QED) is 0.685. The van der Waals surface area contributed by atoms with E-state index in [0.717, 1.165) is 13.1 Å². The molecular formula is C11H24N2O. The fourth-order valence-corrected chi connectivity index (χ4v) is 1.06. The Bertz CT molecular complexity index is 182. The van der Waals surface area contributed by atoms with E-state index >= 15 is 0 Å². The lowest BCUT2D eigenvalue weighted by atomic mass is 9.92. The molecule has 0 saturated carbocycles. The molecule has 0 aromatic rings. The van der Waals surface area contributed by atoms with Crippen LogP contribution in [-0.2, 0) is 4.79 Å². The molecular weight excluding hydrogens is 176 g/mol. The molecule has 0 aromatic heterocycles.